The Kier molecular flexibility index (Phi) is 10.6. The van der Waals surface area contributed by atoms with E-state index < -0.39 is 12.1 Å². The number of hydrogen-bond donors (Lipinski definition) is 3. The zero-order valence-electron chi connectivity index (χ0n) is 11.6. The number of carbonyl (C=O) groups excluding carboxylic acids is 1. The van der Waals surface area contributed by atoms with E-state index >= 15 is 0 Å². The average Bonchev–Trinajstić information content (AvgIpc) is 2.44. The number of nitrogens with two attached hydrogens (primary N) is 1. The second-order valence-electron chi connectivity index (χ2n) is 4.42. The van der Waals surface area contributed by atoms with Crippen LogP contribution in [-0.4, -0.2) is 41.7 Å². The van der Waals surface area contributed by atoms with Crippen LogP contribution in [0.15, 0.2) is 30.3 Å². The van der Waals surface area contributed by atoms with Crippen LogP contribution in [0.5, 0.6) is 0 Å². The van der Waals surface area contributed by atoms with Gasteiger partial charge in [0.15, 0.2) is 0 Å². The van der Waals surface area contributed by atoms with Crippen LogP contribution in [0.4, 0.5) is 0 Å². The summed E-state index contributed by atoms with van der Waals surface area (Å²) in [5.74, 6) is 0.458. The third-order valence-electron chi connectivity index (χ3n) is 2.89. The highest BCUT2D eigenvalue weighted by atomic mass is 35.5. The van der Waals surface area contributed by atoms with E-state index in [0.29, 0.717) is 13.0 Å². The van der Waals surface area contributed by atoms with Crippen molar-refractivity contribution in [2.75, 3.05) is 18.6 Å². The monoisotopic (exact) mass is 318 g/mol. The maximum Gasteiger partial charge on any atom is 0.250 e. The highest BCUT2D eigenvalue weighted by molar-refractivity contribution is 7.98. The molecule has 0 aliphatic rings. The summed E-state index contributed by atoms with van der Waals surface area (Å²) in [6, 6.07) is 9.40. The average molecular weight is 319 g/mol. The fourth-order valence-electron chi connectivity index (χ4n) is 1.69. The van der Waals surface area contributed by atoms with Crippen molar-refractivity contribution in [3.63, 3.8) is 0 Å². The second kappa shape index (κ2) is 11.0. The molecule has 0 bridgehead atoms. The van der Waals surface area contributed by atoms with Gasteiger partial charge in [-0.2, -0.15) is 11.8 Å². The first-order chi connectivity index (χ1) is 9.15. The van der Waals surface area contributed by atoms with E-state index in [4.69, 9.17) is 5.73 Å². The number of amides is 1. The summed E-state index contributed by atoms with van der Waals surface area (Å²) in [5.41, 5.74) is 6.92. The molecule has 1 amide bonds. The lowest BCUT2D eigenvalue weighted by atomic mass is 10.1. The Hall–Kier alpha value is -0.750. The number of rotatable bonds is 8. The van der Waals surface area contributed by atoms with Crippen LogP contribution in [0.25, 0.3) is 0 Å². The first-order valence-corrected chi connectivity index (χ1v) is 7.78. The summed E-state index contributed by atoms with van der Waals surface area (Å²) < 4.78 is 0. The van der Waals surface area contributed by atoms with Crippen molar-refractivity contribution in [1.82, 2.24) is 5.32 Å². The highest BCUT2D eigenvalue weighted by Gasteiger charge is 2.21. The molecule has 0 aliphatic heterocycles. The lowest BCUT2D eigenvalue weighted by Crippen LogP contribution is -2.47. The topological polar surface area (TPSA) is 75.3 Å². The summed E-state index contributed by atoms with van der Waals surface area (Å²) in [6.45, 7) is 0.509. The number of benzene rings is 1. The molecule has 2 atom stereocenters. The molecular weight excluding hydrogens is 296 g/mol. The fourth-order valence-corrected chi connectivity index (χ4v) is 2.19. The van der Waals surface area contributed by atoms with E-state index in [2.05, 4.69) is 5.32 Å². The molecule has 1 aromatic rings. The van der Waals surface area contributed by atoms with Crippen LogP contribution >= 0.6 is 24.2 Å². The number of aliphatic hydroxyl groups excluding tert-OH is 1. The number of thioether (sulfide) groups is 1. The van der Waals surface area contributed by atoms with Crippen LogP contribution in [0.1, 0.15) is 12.0 Å². The van der Waals surface area contributed by atoms with Crippen molar-refractivity contribution in [3.05, 3.63) is 35.9 Å². The van der Waals surface area contributed by atoms with Crippen molar-refractivity contribution >= 4 is 30.1 Å². The Bertz CT molecular complexity index is 379. The second-order valence-corrected chi connectivity index (χ2v) is 5.40. The minimum atomic E-state index is -1.12. The fraction of sp³-hybridized carbons (Fsp3) is 0.500. The molecule has 20 heavy (non-hydrogen) atoms. The maximum atomic E-state index is 11.7. The largest absolute Gasteiger partial charge is 0.382 e. The number of halogens is 1. The molecule has 114 valence electrons. The summed E-state index contributed by atoms with van der Waals surface area (Å²) in [6.07, 6.45) is 2.23. The number of hydrogen-bond acceptors (Lipinski definition) is 4. The van der Waals surface area contributed by atoms with Gasteiger partial charge >= 0.3 is 0 Å². The third-order valence-corrected chi connectivity index (χ3v) is 3.53. The van der Waals surface area contributed by atoms with E-state index in [9.17, 15) is 9.90 Å². The van der Waals surface area contributed by atoms with Crippen molar-refractivity contribution in [2.24, 2.45) is 5.73 Å². The Morgan fingerprint density at radius 3 is 2.65 bits per heavy atom. The summed E-state index contributed by atoms with van der Waals surface area (Å²) in [5, 5.41) is 12.5. The lowest BCUT2D eigenvalue weighted by molar-refractivity contribution is -0.130. The zero-order chi connectivity index (χ0) is 14.1. The molecule has 6 heteroatoms. The summed E-state index contributed by atoms with van der Waals surface area (Å²) >= 11 is 1.65. The molecule has 4 N–H and O–H groups in total. The molecule has 1 aromatic carbocycles. The molecule has 0 aromatic heterocycles. The van der Waals surface area contributed by atoms with E-state index in [0.717, 1.165) is 17.7 Å². The first-order valence-electron chi connectivity index (χ1n) is 6.39. The predicted molar refractivity (Wildman–Crippen MR) is 87.4 cm³/mol. The van der Waals surface area contributed by atoms with Gasteiger partial charge in [0, 0.05) is 12.6 Å². The van der Waals surface area contributed by atoms with E-state index in [1.807, 2.05) is 36.6 Å². The van der Waals surface area contributed by atoms with Gasteiger partial charge in [-0.15, -0.1) is 12.4 Å². The Morgan fingerprint density at radius 1 is 1.40 bits per heavy atom. The molecule has 0 radical (unpaired) electrons. The number of nitrogens with one attached hydrogen (secondary N) is 1. The molecule has 0 saturated carbocycles. The Labute approximate surface area is 130 Å². The predicted octanol–water partition coefficient (Wildman–Crippen LogP) is 1.21. The van der Waals surface area contributed by atoms with E-state index in [1.54, 1.807) is 11.8 Å². The summed E-state index contributed by atoms with van der Waals surface area (Å²) in [7, 11) is 0. The minimum absolute atomic E-state index is 0. The molecule has 1 unspecified atom stereocenters. The Balaban J connectivity index is 0.00000361. The maximum absolute atomic E-state index is 11.7. The van der Waals surface area contributed by atoms with E-state index in [1.165, 1.54) is 0 Å². The minimum Gasteiger partial charge on any atom is -0.382 e. The molecular formula is C14H23ClN2O2S. The normalized spacial score (nSPS) is 13.2. The van der Waals surface area contributed by atoms with Crippen LogP contribution in [-0.2, 0) is 11.2 Å². The van der Waals surface area contributed by atoms with Gasteiger partial charge in [-0.1, -0.05) is 30.3 Å². The quantitative estimate of drug-likeness (QED) is 0.673. The standard InChI is InChI=1S/C14H22N2O2S.ClH/c1-19-10-8-12(15)13(17)14(18)16-9-7-11-5-3-2-4-6-11;/h2-6,12-13,17H,7-10,15H2,1H3,(H,16,18);1H/t12-,13?;/m1./s1. The van der Waals surface area contributed by atoms with Gasteiger partial charge in [0.05, 0.1) is 0 Å². The van der Waals surface area contributed by atoms with Crippen LogP contribution in [0, 0.1) is 0 Å². The van der Waals surface area contributed by atoms with Gasteiger partial charge in [-0.25, -0.2) is 0 Å². The molecule has 1 rings (SSSR count). The van der Waals surface area contributed by atoms with Crippen molar-refractivity contribution in [2.45, 2.75) is 25.0 Å². The molecule has 0 spiro atoms. The lowest BCUT2D eigenvalue weighted by Gasteiger charge is -2.17. The smallest absolute Gasteiger partial charge is 0.250 e. The van der Waals surface area contributed by atoms with Crippen molar-refractivity contribution in [3.8, 4) is 0 Å². The van der Waals surface area contributed by atoms with Gasteiger partial charge in [-0.3, -0.25) is 4.79 Å². The third kappa shape index (κ3) is 7.14. The Morgan fingerprint density at radius 2 is 2.05 bits per heavy atom. The highest BCUT2D eigenvalue weighted by Crippen LogP contribution is 2.03. The first kappa shape index (κ1) is 19.2. The van der Waals surface area contributed by atoms with Gasteiger partial charge < -0.3 is 16.2 Å². The van der Waals surface area contributed by atoms with Crippen LogP contribution in [0.2, 0.25) is 0 Å². The molecule has 0 aliphatic carbocycles. The SMILES string of the molecule is CSCC[C@@H](N)C(O)C(=O)NCCc1ccccc1.Cl. The van der Waals surface area contributed by atoms with Gasteiger partial charge in [0.2, 0.25) is 5.91 Å². The molecule has 4 nitrogen and oxygen atoms in total. The summed E-state index contributed by atoms with van der Waals surface area (Å²) in [4.78, 5) is 11.7. The van der Waals surface area contributed by atoms with E-state index in [-0.39, 0.29) is 18.3 Å². The molecule has 0 saturated heterocycles. The molecule has 0 heterocycles. The van der Waals surface area contributed by atoms with Crippen molar-refractivity contribution in [1.29, 1.82) is 0 Å². The molecule has 0 fully saturated rings. The van der Waals surface area contributed by atoms with Gasteiger partial charge in [0.1, 0.15) is 6.10 Å². The van der Waals surface area contributed by atoms with Crippen LogP contribution in [0.3, 0.4) is 0 Å². The van der Waals surface area contributed by atoms with Crippen molar-refractivity contribution < 1.29 is 9.90 Å². The van der Waals surface area contributed by atoms with Crippen LogP contribution < -0.4 is 11.1 Å². The number of aliphatic hydroxyl groups is 1. The number of carbonyl (C=O) groups is 1. The van der Waals surface area contributed by atoms with Gasteiger partial charge in [0.25, 0.3) is 0 Å². The zero-order valence-corrected chi connectivity index (χ0v) is 13.3. The van der Waals surface area contributed by atoms with Gasteiger partial charge in [-0.05, 0) is 30.4 Å².